The molecule has 1 aromatic carbocycles. The number of imide groups is 1. The lowest BCUT2D eigenvalue weighted by molar-refractivity contribution is -0.137. The Labute approximate surface area is 154 Å². The van der Waals surface area contributed by atoms with Crippen LogP contribution in [0, 0.1) is 6.92 Å². The summed E-state index contributed by atoms with van der Waals surface area (Å²) in [7, 11) is -3.85. The first-order chi connectivity index (χ1) is 12.8. The lowest BCUT2D eigenvalue weighted by Gasteiger charge is -2.13. The number of aromatic nitrogens is 1. The maximum atomic E-state index is 12.3. The van der Waals surface area contributed by atoms with Gasteiger partial charge >= 0.3 is 0 Å². The highest BCUT2D eigenvalue weighted by Crippen LogP contribution is 2.21. The van der Waals surface area contributed by atoms with Gasteiger partial charge in [-0.1, -0.05) is 5.16 Å². The van der Waals surface area contributed by atoms with Crippen molar-refractivity contribution in [1.82, 2.24) is 10.1 Å². The lowest BCUT2D eigenvalue weighted by Crippen LogP contribution is -2.34. The van der Waals surface area contributed by atoms with E-state index < -0.39 is 21.8 Å². The highest BCUT2D eigenvalue weighted by atomic mass is 32.2. The minimum absolute atomic E-state index is 0.0154. The van der Waals surface area contributed by atoms with Gasteiger partial charge in [0.15, 0.2) is 5.82 Å². The average molecular weight is 392 g/mol. The van der Waals surface area contributed by atoms with Gasteiger partial charge in [-0.05, 0) is 31.2 Å². The van der Waals surface area contributed by atoms with Crippen LogP contribution in [0.25, 0.3) is 0 Å². The normalized spacial score (nSPS) is 14.4. The highest BCUT2D eigenvalue weighted by molar-refractivity contribution is 7.92. The first kappa shape index (κ1) is 18.6. The molecule has 142 valence electrons. The third-order valence-electron chi connectivity index (χ3n) is 3.64. The summed E-state index contributed by atoms with van der Waals surface area (Å²) in [5.41, 5.74) is 0.463. The summed E-state index contributed by atoms with van der Waals surface area (Å²) in [5.74, 6) is -0.554. The monoisotopic (exact) mass is 392 g/mol. The molecule has 3 rings (SSSR count). The molecule has 0 fully saturated rings. The fourth-order valence-electron chi connectivity index (χ4n) is 2.39. The molecule has 10 nitrogen and oxygen atoms in total. The predicted octanol–water partition coefficient (Wildman–Crippen LogP) is 0.441. The van der Waals surface area contributed by atoms with Gasteiger partial charge in [0.25, 0.3) is 21.8 Å². The lowest BCUT2D eigenvalue weighted by atomic mass is 10.3. The second-order valence-electron chi connectivity index (χ2n) is 5.65. The fourth-order valence-corrected chi connectivity index (χ4v) is 3.38. The van der Waals surface area contributed by atoms with Crippen molar-refractivity contribution < 1.29 is 27.6 Å². The van der Waals surface area contributed by atoms with Gasteiger partial charge in [-0.3, -0.25) is 19.2 Å². The number of hydrogen-bond donors (Lipinski definition) is 3. The first-order valence-corrected chi connectivity index (χ1v) is 9.30. The van der Waals surface area contributed by atoms with E-state index in [0.29, 0.717) is 11.4 Å². The Morgan fingerprint density at radius 3 is 2.52 bits per heavy atom. The summed E-state index contributed by atoms with van der Waals surface area (Å²) in [6, 6.07) is 7.03. The molecule has 0 bridgehead atoms. The highest BCUT2D eigenvalue weighted by Gasteiger charge is 2.30. The zero-order valence-electron chi connectivity index (χ0n) is 14.2. The van der Waals surface area contributed by atoms with E-state index in [1.165, 1.54) is 30.3 Å². The van der Waals surface area contributed by atoms with Crippen LogP contribution in [-0.4, -0.2) is 48.5 Å². The van der Waals surface area contributed by atoms with Crippen LogP contribution in [-0.2, 0) is 19.6 Å². The van der Waals surface area contributed by atoms with Gasteiger partial charge in [0.05, 0.1) is 18.0 Å². The van der Waals surface area contributed by atoms with Crippen molar-refractivity contribution in [1.29, 1.82) is 0 Å². The number of aliphatic hydroxyl groups excluding tert-OH is 1. The summed E-state index contributed by atoms with van der Waals surface area (Å²) in [4.78, 5) is 24.7. The zero-order valence-corrected chi connectivity index (χ0v) is 15.0. The third kappa shape index (κ3) is 3.99. The summed E-state index contributed by atoms with van der Waals surface area (Å²) in [6.07, 6.45) is 1.12. The quantitative estimate of drug-likeness (QED) is 0.576. The van der Waals surface area contributed by atoms with Crippen LogP contribution in [0.1, 0.15) is 5.76 Å². The molecule has 0 spiro atoms. The molecule has 1 aliphatic rings. The van der Waals surface area contributed by atoms with E-state index >= 15 is 0 Å². The standard InChI is InChI=1S/C16H16N4O6S/c1-10-8-14(18-26-10)19-27(24,25)12-4-2-11(3-5-12)17-13-9-15(22)20(6-7-21)16(13)23/h2-5,8-9,17,21H,6-7H2,1H3,(H,18,19). The number of sulfonamides is 1. The molecule has 0 saturated heterocycles. The largest absolute Gasteiger partial charge is 0.395 e. The Morgan fingerprint density at radius 1 is 1.22 bits per heavy atom. The van der Waals surface area contributed by atoms with Gasteiger partial charge in [0.1, 0.15) is 11.5 Å². The minimum Gasteiger partial charge on any atom is -0.395 e. The molecule has 0 atom stereocenters. The number of carbonyl (C=O) groups excluding carboxylic acids is 2. The van der Waals surface area contributed by atoms with Crippen LogP contribution < -0.4 is 10.0 Å². The van der Waals surface area contributed by atoms with E-state index in [1.54, 1.807) is 6.92 Å². The number of aryl methyl sites for hydroxylation is 1. The molecule has 0 aliphatic carbocycles. The Hall–Kier alpha value is -3.18. The second kappa shape index (κ2) is 7.21. The molecule has 3 N–H and O–H groups in total. The zero-order chi connectivity index (χ0) is 19.6. The van der Waals surface area contributed by atoms with Crippen molar-refractivity contribution in [3.63, 3.8) is 0 Å². The maximum absolute atomic E-state index is 12.3. The van der Waals surface area contributed by atoms with Crippen molar-refractivity contribution in [2.75, 3.05) is 23.2 Å². The number of carbonyl (C=O) groups is 2. The SMILES string of the molecule is Cc1cc(NS(=O)(=O)c2ccc(NC3=CC(=O)N(CCO)C3=O)cc2)no1. The average Bonchev–Trinajstić information content (AvgIpc) is 3.13. The number of nitrogens with zero attached hydrogens (tertiary/aromatic N) is 2. The molecule has 2 heterocycles. The molecule has 0 radical (unpaired) electrons. The summed E-state index contributed by atoms with van der Waals surface area (Å²) < 4.78 is 31.7. The van der Waals surface area contributed by atoms with Gasteiger partial charge in [-0.2, -0.15) is 0 Å². The number of anilines is 2. The van der Waals surface area contributed by atoms with Crippen LogP contribution in [0.15, 0.2) is 51.5 Å². The van der Waals surface area contributed by atoms with Gasteiger partial charge in [-0.15, -0.1) is 0 Å². The number of hydrogen-bond acceptors (Lipinski definition) is 8. The van der Waals surface area contributed by atoms with E-state index in [4.69, 9.17) is 9.63 Å². The molecular weight excluding hydrogens is 376 g/mol. The first-order valence-electron chi connectivity index (χ1n) is 7.82. The molecule has 0 saturated carbocycles. The van der Waals surface area contributed by atoms with Gasteiger partial charge < -0.3 is 14.9 Å². The second-order valence-corrected chi connectivity index (χ2v) is 7.34. The Bertz CT molecular complexity index is 1010. The number of β-amino-alcohol motifs (C(OH)–C–C–N with tert-alkyl or cyclic N) is 1. The van der Waals surface area contributed by atoms with Gasteiger partial charge in [-0.25, -0.2) is 8.42 Å². The Kier molecular flexibility index (Phi) is 4.97. The third-order valence-corrected chi connectivity index (χ3v) is 5.01. The molecule has 27 heavy (non-hydrogen) atoms. The van der Waals surface area contributed by atoms with Crippen LogP contribution in [0.4, 0.5) is 11.5 Å². The fraction of sp³-hybridized carbons (Fsp3) is 0.188. The van der Waals surface area contributed by atoms with E-state index in [9.17, 15) is 18.0 Å². The topological polar surface area (TPSA) is 142 Å². The van der Waals surface area contributed by atoms with E-state index in [-0.39, 0.29) is 29.6 Å². The molecule has 1 aromatic heterocycles. The molecule has 0 unspecified atom stereocenters. The van der Waals surface area contributed by atoms with Crippen LogP contribution >= 0.6 is 0 Å². The molecular formula is C16H16N4O6S. The summed E-state index contributed by atoms with van der Waals surface area (Å²) >= 11 is 0. The Balaban J connectivity index is 1.71. The number of benzene rings is 1. The number of amides is 2. The minimum atomic E-state index is -3.85. The number of nitrogens with one attached hydrogen (secondary N) is 2. The van der Waals surface area contributed by atoms with Crippen LogP contribution in [0.5, 0.6) is 0 Å². The van der Waals surface area contributed by atoms with Crippen molar-refractivity contribution in [2.24, 2.45) is 0 Å². The molecule has 2 amide bonds. The molecule has 1 aliphatic heterocycles. The maximum Gasteiger partial charge on any atom is 0.277 e. The van der Waals surface area contributed by atoms with Crippen molar-refractivity contribution in [3.05, 3.63) is 47.9 Å². The van der Waals surface area contributed by atoms with Crippen LogP contribution in [0.2, 0.25) is 0 Å². The Morgan fingerprint density at radius 2 is 1.93 bits per heavy atom. The van der Waals surface area contributed by atoms with Crippen molar-refractivity contribution in [3.8, 4) is 0 Å². The number of aliphatic hydroxyl groups is 1. The smallest absolute Gasteiger partial charge is 0.277 e. The van der Waals surface area contributed by atoms with Crippen molar-refractivity contribution >= 4 is 33.3 Å². The summed E-state index contributed by atoms with van der Waals surface area (Å²) in [5, 5.41) is 15.2. The van der Waals surface area contributed by atoms with Crippen molar-refractivity contribution in [2.45, 2.75) is 11.8 Å². The van der Waals surface area contributed by atoms with E-state index in [0.717, 1.165) is 11.0 Å². The van der Waals surface area contributed by atoms with Crippen LogP contribution in [0.3, 0.4) is 0 Å². The van der Waals surface area contributed by atoms with Gasteiger partial charge in [0, 0.05) is 17.8 Å². The summed E-state index contributed by atoms with van der Waals surface area (Å²) in [6.45, 7) is 1.21. The molecule has 11 heteroatoms. The number of rotatable bonds is 7. The van der Waals surface area contributed by atoms with E-state index in [2.05, 4.69) is 15.2 Å². The van der Waals surface area contributed by atoms with Gasteiger partial charge in [0.2, 0.25) is 0 Å². The molecule has 2 aromatic rings. The predicted molar refractivity (Wildman–Crippen MR) is 94.0 cm³/mol. The van der Waals surface area contributed by atoms with E-state index in [1.807, 2.05) is 0 Å².